The number of rotatable bonds is 16. The van der Waals surface area contributed by atoms with Gasteiger partial charge in [0.05, 0.1) is 63.9 Å². The maximum Gasteiger partial charge on any atom is 0.338 e. The fourth-order valence-electron chi connectivity index (χ4n) is 6.02. The minimum atomic E-state index is -0.799. The van der Waals surface area contributed by atoms with E-state index in [1.807, 2.05) is 0 Å². The first-order chi connectivity index (χ1) is 25.1. The summed E-state index contributed by atoms with van der Waals surface area (Å²) >= 11 is 7.11. The highest BCUT2D eigenvalue weighted by Gasteiger charge is 2.41. The molecule has 272 valence electrons. The average molecular weight is 729 g/mol. The predicted molar refractivity (Wildman–Crippen MR) is 198 cm³/mol. The third-order valence-corrected chi connectivity index (χ3v) is 8.87. The largest absolute Gasteiger partial charge is 0.507 e. The zero-order valence-electron chi connectivity index (χ0n) is 29.3. The van der Waals surface area contributed by atoms with Crippen LogP contribution in [0.4, 0.5) is 22.7 Å². The molecule has 5 rings (SSSR count). The first kappa shape index (κ1) is 37.7. The number of hydrogen-bond acceptors (Lipinski definition) is 11. The number of carbonyl (C=O) groups excluding carboxylic acids is 4. The van der Waals surface area contributed by atoms with E-state index in [0.29, 0.717) is 17.8 Å². The van der Waals surface area contributed by atoms with Gasteiger partial charge in [0.15, 0.2) is 11.5 Å². The number of esters is 2. The lowest BCUT2D eigenvalue weighted by molar-refractivity contribution is 0.0517. The Labute approximate surface area is 306 Å². The Balaban J connectivity index is 1.72. The van der Waals surface area contributed by atoms with Gasteiger partial charge in [0.2, 0.25) is 5.78 Å². The van der Waals surface area contributed by atoms with Crippen molar-refractivity contribution in [1.82, 2.24) is 0 Å². The standard InChI is InChI=1S/C40H41ClN2O9/c1-4-7-8-9-10-11-20-52-38-32-31(36(46)29-27(44)18-19-28(45)30(29)37(32)47)33(41)34(42-25-16-12-14-23(21-25)39(48)50-5-2)35(38)43-26-17-13-15-24(22-26)40(49)51-6-3/h12-19,21-22,42-45H,4-11,20H2,1-3H3. The van der Waals surface area contributed by atoms with Crippen LogP contribution in [0.1, 0.15) is 112 Å². The lowest BCUT2D eigenvalue weighted by Crippen LogP contribution is -2.24. The molecule has 4 N–H and O–H groups in total. The lowest BCUT2D eigenvalue weighted by atomic mass is 9.81. The SMILES string of the molecule is CCCCCCCCOc1c(Nc2cccc(C(=O)OCC)c2)c(Nc2cccc(C(=O)OCC)c2)c(Cl)c2c1C(=O)c1c(O)ccc(O)c1C2=O. The molecule has 11 nitrogen and oxygen atoms in total. The minimum absolute atomic E-state index is 0.0368. The van der Waals surface area contributed by atoms with Crippen LogP contribution in [0.2, 0.25) is 5.02 Å². The second-order valence-corrected chi connectivity index (χ2v) is 12.5. The highest BCUT2D eigenvalue weighted by Crippen LogP contribution is 2.52. The summed E-state index contributed by atoms with van der Waals surface area (Å²) in [6.07, 6.45) is 5.76. The van der Waals surface area contributed by atoms with E-state index in [1.54, 1.807) is 62.4 Å². The minimum Gasteiger partial charge on any atom is -0.507 e. The fourth-order valence-corrected chi connectivity index (χ4v) is 6.34. The van der Waals surface area contributed by atoms with Crippen LogP contribution in [0.5, 0.6) is 17.2 Å². The van der Waals surface area contributed by atoms with Crippen LogP contribution in [0.25, 0.3) is 0 Å². The van der Waals surface area contributed by atoms with Crippen molar-refractivity contribution < 1.29 is 43.6 Å². The van der Waals surface area contributed by atoms with Crippen LogP contribution in [0, 0.1) is 0 Å². The van der Waals surface area contributed by atoms with Crippen molar-refractivity contribution in [2.24, 2.45) is 0 Å². The first-order valence-electron chi connectivity index (χ1n) is 17.4. The molecule has 0 saturated heterocycles. The van der Waals surface area contributed by atoms with Gasteiger partial charge in [-0.2, -0.15) is 0 Å². The molecule has 1 aliphatic carbocycles. The summed E-state index contributed by atoms with van der Waals surface area (Å²) in [5, 5.41) is 27.8. The Morgan fingerprint density at radius 3 is 1.69 bits per heavy atom. The Hall–Kier alpha value is -5.55. The van der Waals surface area contributed by atoms with Gasteiger partial charge in [0.1, 0.15) is 17.2 Å². The summed E-state index contributed by atoms with van der Waals surface area (Å²) in [5.41, 5.74) is 0.303. The van der Waals surface area contributed by atoms with Crippen LogP contribution in [0.15, 0.2) is 60.7 Å². The normalized spacial score (nSPS) is 11.8. The Bertz CT molecular complexity index is 2010. The third-order valence-electron chi connectivity index (χ3n) is 8.49. The number of benzene rings is 4. The third kappa shape index (κ3) is 8.00. The van der Waals surface area contributed by atoms with Crippen LogP contribution >= 0.6 is 11.6 Å². The number of carbonyl (C=O) groups is 4. The fraction of sp³-hybridized carbons (Fsp3) is 0.300. The molecule has 0 radical (unpaired) electrons. The van der Waals surface area contributed by atoms with Crippen molar-refractivity contribution in [1.29, 1.82) is 0 Å². The van der Waals surface area contributed by atoms with Crippen molar-refractivity contribution >= 4 is 57.9 Å². The van der Waals surface area contributed by atoms with Crippen LogP contribution in [-0.4, -0.2) is 53.5 Å². The summed E-state index contributed by atoms with van der Waals surface area (Å²) in [6.45, 7) is 6.04. The van der Waals surface area contributed by atoms with Gasteiger partial charge in [0, 0.05) is 11.4 Å². The van der Waals surface area contributed by atoms with Crippen molar-refractivity contribution in [2.75, 3.05) is 30.5 Å². The van der Waals surface area contributed by atoms with Gasteiger partial charge in [-0.05, 0) is 68.8 Å². The molecule has 0 amide bonds. The number of halogens is 1. The Morgan fingerprint density at radius 1 is 0.654 bits per heavy atom. The monoisotopic (exact) mass is 728 g/mol. The molecule has 0 heterocycles. The molecular weight excluding hydrogens is 688 g/mol. The molecule has 0 atom stereocenters. The van der Waals surface area contributed by atoms with E-state index >= 15 is 0 Å². The molecule has 52 heavy (non-hydrogen) atoms. The number of ether oxygens (including phenoxy) is 3. The van der Waals surface area contributed by atoms with Gasteiger partial charge >= 0.3 is 11.9 Å². The van der Waals surface area contributed by atoms with Crippen LogP contribution in [-0.2, 0) is 9.47 Å². The van der Waals surface area contributed by atoms with E-state index in [1.165, 1.54) is 0 Å². The number of unbranched alkanes of at least 4 members (excludes halogenated alkanes) is 5. The van der Waals surface area contributed by atoms with E-state index in [0.717, 1.165) is 44.2 Å². The van der Waals surface area contributed by atoms with Gasteiger partial charge in [-0.1, -0.05) is 62.8 Å². The molecule has 0 spiro atoms. The summed E-state index contributed by atoms with van der Waals surface area (Å²) < 4.78 is 16.8. The molecule has 0 unspecified atom stereocenters. The van der Waals surface area contributed by atoms with E-state index in [-0.39, 0.29) is 75.3 Å². The molecule has 4 aromatic carbocycles. The molecule has 0 aliphatic heterocycles. The highest BCUT2D eigenvalue weighted by molar-refractivity contribution is 6.43. The van der Waals surface area contributed by atoms with Crippen molar-refractivity contribution in [3.05, 3.63) is 99.1 Å². The van der Waals surface area contributed by atoms with Gasteiger partial charge in [-0.25, -0.2) is 9.59 Å². The Kier molecular flexibility index (Phi) is 12.4. The summed E-state index contributed by atoms with van der Waals surface area (Å²) in [7, 11) is 0. The highest BCUT2D eigenvalue weighted by atomic mass is 35.5. The molecule has 0 saturated carbocycles. The molecule has 0 aromatic heterocycles. The van der Waals surface area contributed by atoms with Crippen LogP contribution < -0.4 is 15.4 Å². The lowest BCUT2D eigenvalue weighted by Gasteiger charge is -2.28. The molecule has 4 aromatic rings. The zero-order chi connectivity index (χ0) is 37.4. The van der Waals surface area contributed by atoms with Gasteiger partial charge in [-0.15, -0.1) is 0 Å². The number of aromatic hydroxyl groups is 2. The summed E-state index contributed by atoms with van der Waals surface area (Å²) in [6, 6.07) is 15.2. The molecule has 1 aliphatic rings. The molecule has 12 heteroatoms. The Morgan fingerprint density at radius 2 is 1.15 bits per heavy atom. The van der Waals surface area contributed by atoms with Crippen molar-refractivity contribution in [2.45, 2.75) is 59.3 Å². The summed E-state index contributed by atoms with van der Waals surface area (Å²) in [4.78, 5) is 53.8. The van der Waals surface area contributed by atoms with Gasteiger partial charge < -0.3 is 35.1 Å². The number of phenolic OH excluding ortho intramolecular Hbond substituents is 2. The maximum atomic E-state index is 14.4. The van der Waals surface area contributed by atoms with Crippen molar-refractivity contribution in [3.63, 3.8) is 0 Å². The first-order valence-corrected chi connectivity index (χ1v) is 17.7. The average Bonchev–Trinajstić information content (AvgIpc) is 3.13. The number of nitrogens with one attached hydrogen (secondary N) is 2. The van der Waals surface area contributed by atoms with E-state index in [2.05, 4.69) is 17.6 Å². The smallest absolute Gasteiger partial charge is 0.338 e. The number of anilines is 4. The maximum absolute atomic E-state index is 14.4. The van der Waals surface area contributed by atoms with E-state index in [4.69, 9.17) is 25.8 Å². The van der Waals surface area contributed by atoms with Crippen molar-refractivity contribution in [3.8, 4) is 17.2 Å². The number of ketones is 2. The number of fused-ring (bicyclic) bond motifs is 2. The molecule has 0 fully saturated rings. The number of hydrogen-bond donors (Lipinski definition) is 4. The second kappa shape index (κ2) is 17.1. The molecular formula is C40H41ClN2O9. The quantitative estimate of drug-likeness (QED) is 0.0436. The molecule has 0 bridgehead atoms. The predicted octanol–water partition coefficient (Wildman–Crippen LogP) is 9.11. The van der Waals surface area contributed by atoms with Gasteiger partial charge in [-0.3, -0.25) is 9.59 Å². The van der Waals surface area contributed by atoms with Gasteiger partial charge in [0.25, 0.3) is 0 Å². The zero-order valence-corrected chi connectivity index (χ0v) is 30.0. The van der Waals surface area contributed by atoms with Crippen LogP contribution in [0.3, 0.4) is 0 Å². The van der Waals surface area contributed by atoms with E-state index in [9.17, 15) is 29.4 Å². The number of phenols is 2. The second-order valence-electron chi connectivity index (χ2n) is 12.1. The van der Waals surface area contributed by atoms with E-state index < -0.39 is 35.0 Å². The topological polar surface area (TPSA) is 160 Å². The summed E-state index contributed by atoms with van der Waals surface area (Å²) in [5.74, 6) is -3.71.